The van der Waals surface area contributed by atoms with Crippen LogP contribution in [0.3, 0.4) is 0 Å². The Balaban J connectivity index is 1.57. The van der Waals surface area contributed by atoms with Gasteiger partial charge in [0.05, 0.1) is 0 Å². The average Bonchev–Trinajstić information content (AvgIpc) is 3.12. The molecule has 2 saturated carbocycles. The molecule has 0 radical (unpaired) electrons. The second-order valence-corrected chi connectivity index (χ2v) is 7.12. The van der Waals surface area contributed by atoms with E-state index in [1.165, 1.54) is 19.3 Å². The summed E-state index contributed by atoms with van der Waals surface area (Å²) in [5.41, 5.74) is 0.830. The van der Waals surface area contributed by atoms with Crippen molar-refractivity contribution in [3.8, 4) is 0 Å². The number of halogens is 1. The van der Waals surface area contributed by atoms with Crippen LogP contribution in [0.2, 0.25) is 5.02 Å². The molecule has 0 saturated heterocycles. The molecule has 2 fully saturated rings. The third kappa shape index (κ3) is 3.64. The minimum atomic E-state index is -0.418. The predicted octanol–water partition coefficient (Wildman–Crippen LogP) is 4.33. The van der Waals surface area contributed by atoms with Crippen molar-refractivity contribution < 1.29 is 14.3 Å². The van der Waals surface area contributed by atoms with Crippen molar-refractivity contribution in [1.29, 1.82) is 0 Å². The van der Waals surface area contributed by atoms with E-state index in [1.54, 1.807) is 7.11 Å². The van der Waals surface area contributed by atoms with Crippen LogP contribution in [0.1, 0.15) is 44.3 Å². The van der Waals surface area contributed by atoms with Crippen LogP contribution in [-0.2, 0) is 9.47 Å². The minimum Gasteiger partial charge on any atom is -0.443 e. The Hall–Kier alpha value is -1.26. The summed E-state index contributed by atoms with van der Waals surface area (Å²) in [5, 5.41) is 3.65. The van der Waals surface area contributed by atoms with E-state index in [4.69, 9.17) is 21.1 Å². The van der Waals surface area contributed by atoms with E-state index in [0.29, 0.717) is 10.9 Å². The van der Waals surface area contributed by atoms with Crippen molar-refractivity contribution in [2.45, 2.75) is 50.9 Å². The first-order valence-electron chi connectivity index (χ1n) is 8.33. The third-order valence-corrected chi connectivity index (χ3v) is 5.57. The summed E-state index contributed by atoms with van der Waals surface area (Å²) in [6, 6.07) is 7.74. The number of amides is 1. The van der Waals surface area contributed by atoms with E-state index in [2.05, 4.69) is 5.32 Å². The molecular formula is C18H24ClNO3. The van der Waals surface area contributed by atoms with Crippen molar-refractivity contribution in [3.05, 3.63) is 34.9 Å². The van der Waals surface area contributed by atoms with Crippen LogP contribution in [0.4, 0.5) is 4.79 Å². The molecule has 4 nitrogen and oxygen atoms in total. The van der Waals surface area contributed by atoms with Gasteiger partial charge in [0.1, 0.15) is 12.2 Å². The number of methoxy groups -OCH3 is 1. The number of hydrogen-bond acceptors (Lipinski definition) is 3. The summed E-state index contributed by atoms with van der Waals surface area (Å²) in [6.45, 7) is 1.83. The zero-order valence-corrected chi connectivity index (χ0v) is 14.4. The zero-order chi connectivity index (χ0) is 16.4. The molecule has 1 aromatic carbocycles. The van der Waals surface area contributed by atoms with E-state index in [0.717, 1.165) is 17.9 Å². The molecule has 0 aliphatic heterocycles. The lowest BCUT2D eigenvalue weighted by atomic mass is 9.96. The Bertz CT molecular complexity index is 565. The van der Waals surface area contributed by atoms with Gasteiger partial charge in [-0.15, -0.1) is 0 Å². The molecule has 23 heavy (non-hydrogen) atoms. The highest BCUT2D eigenvalue weighted by Gasteiger charge is 2.40. The fourth-order valence-electron chi connectivity index (χ4n) is 4.11. The Morgan fingerprint density at radius 1 is 1.30 bits per heavy atom. The van der Waals surface area contributed by atoms with Gasteiger partial charge < -0.3 is 14.8 Å². The first kappa shape index (κ1) is 16.6. The van der Waals surface area contributed by atoms with Gasteiger partial charge in [-0.25, -0.2) is 4.79 Å². The number of rotatable bonds is 5. The second kappa shape index (κ2) is 7.10. The van der Waals surface area contributed by atoms with Crippen LogP contribution in [0.5, 0.6) is 0 Å². The monoisotopic (exact) mass is 337 g/mol. The first-order valence-corrected chi connectivity index (χ1v) is 8.70. The maximum absolute atomic E-state index is 12.2. The number of nitrogens with one attached hydrogen (secondary N) is 1. The fraction of sp³-hybridized carbons (Fsp3) is 0.611. The molecule has 5 atom stereocenters. The highest BCUT2D eigenvalue weighted by Crippen LogP contribution is 2.44. The van der Waals surface area contributed by atoms with Gasteiger partial charge in [-0.2, -0.15) is 0 Å². The lowest BCUT2D eigenvalue weighted by molar-refractivity contribution is -0.0160. The van der Waals surface area contributed by atoms with Crippen LogP contribution in [-0.4, -0.2) is 25.3 Å². The SMILES string of the molecule is COC(c1ccccc1Cl)C(C)OC(=O)NC1CC2CCC1C2. The summed E-state index contributed by atoms with van der Waals surface area (Å²) in [7, 11) is 1.60. The molecule has 0 aromatic heterocycles. The molecule has 1 N–H and O–H groups in total. The van der Waals surface area contributed by atoms with Crippen molar-refractivity contribution >= 4 is 17.7 Å². The topological polar surface area (TPSA) is 47.6 Å². The number of benzene rings is 1. The quantitative estimate of drug-likeness (QED) is 0.869. The van der Waals surface area contributed by atoms with Crippen molar-refractivity contribution in [2.75, 3.05) is 7.11 Å². The van der Waals surface area contributed by atoms with E-state index in [9.17, 15) is 4.79 Å². The summed E-state index contributed by atoms with van der Waals surface area (Å²) in [4.78, 5) is 12.2. The van der Waals surface area contributed by atoms with Gasteiger partial charge in [-0.3, -0.25) is 0 Å². The van der Waals surface area contributed by atoms with Gasteiger partial charge >= 0.3 is 6.09 Å². The van der Waals surface area contributed by atoms with Crippen LogP contribution < -0.4 is 5.32 Å². The molecule has 2 bridgehead atoms. The third-order valence-electron chi connectivity index (χ3n) is 5.23. The Labute approximate surface area is 142 Å². The second-order valence-electron chi connectivity index (χ2n) is 6.71. The van der Waals surface area contributed by atoms with Gasteiger partial charge in [0.2, 0.25) is 0 Å². The Morgan fingerprint density at radius 2 is 2.09 bits per heavy atom. The standard InChI is InChI=1S/C18H24ClNO3/c1-11(17(22-2)14-5-3-4-6-15(14)19)23-18(21)20-16-10-12-7-8-13(16)9-12/h3-6,11-13,16-17H,7-10H2,1-2H3,(H,20,21). The Kier molecular flexibility index (Phi) is 5.12. The molecule has 0 heterocycles. The summed E-state index contributed by atoms with van der Waals surface area (Å²) in [5.74, 6) is 1.42. The molecule has 1 amide bonds. The van der Waals surface area contributed by atoms with E-state index >= 15 is 0 Å². The average molecular weight is 338 g/mol. The van der Waals surface area contributed by atoms with Crippen LogP contribution in [0.25, 0.3) is 0 Å². The van der Waals surface area contributed by atoms with E-state index < -0.39 is 6.10 Å². The molecule has 5 heteroatoms. The van der Waals surface area contributed by atoms with Crippen molar-refractivity contribution in [3.63, 3.8) is 0 Å². The molecule has 0 spiro atoms. The molecular weight excluding hydrogens is 314 g/mol. The van der Waals surface area contributed by atoms with Crippen LogP contribution in [0, 0.1) is 11.8 Å². The van der Waals surface area contributed by atoms with Gasteiger partial charge in [0.25, 0.3) is 0 Å². The number of ether oxygens (including phenoxy) is 2. The maximum Gasteiger partial charge on any atom is 0.407 e. The summed E-state index contributed by atoms with van der Waals surface area (Å²) < 4.78 is 11.1. The lowest BCUT2D eigenvalue weighted by Crippen LogP contribution is -2.40. The maximum atomic E-state index is 12.2. The Morgan fingerprint density at radius 3 is 2.70 bits per heavy atom. The molecule has 2 aliphatic carbocycles. The normalized spacial score (nSPS) is 28.4. The van der Waals surface area contributed by atoms with Crippen LogP contribution >= 0.6 is 11.6 Å². The number of hydrogen-bond donors (Lipinski definition) is 1. The van der Waals surface area contributed by atoms with Gasteiger partial charge in [0.15, 0.2) is 0 Å². The van der Waals surface area contributed by atoms with Gasteiger partial charge in [-0.05, 0) is 44.1 Å². The zero-order valence-electron chi connectivity index (χ0n) is 13.6. The van der Waals surface area contributed by atoms with E-state index in [-0.39, 0.29) is 18.2 Å². The smallest absolute Gasteiger partial charge is 0.407 e. The molecule has 1 aromatic rings. The highest BCUT2D eigenvalue weighted by molar-refractivity contribution is 6.31. The van der Waals surface area contributed by atoms with Gasteiger partial charge in [-0.1, -0.05) is 36.2 Å². The van der Waals surface area contributed by atoms with Gasteiger partial charge in [0, 0.05) is 23.7 Å². The molecule has 3 rings (SSSR count). The number of carbonyl (C=O) groups excluding carboxylic acids is 1. The van der Waals surface area contributed by atoms with Crippen molar-refractivity contribution in [2.24, 2.45) is 11.8 Å². The summed E-state index contributed by atoms with van der Waals surface area (Å²) >= 11 is 6.22. The molecule has 2 aliphatic rings. The predicted molar refractivity (Wildman–Crippen MR) is 89.5 cm³/mol. The lowest BCUT2D eigenvalue weighted by Gasteiger charge is -2.27. The highest BCUT2D eigenvalue weighted by atomic mass is 35.5. The minimum absolute atomic E-state index is 0.273. The van der Waals surface area contributed by atoms with Crippen molar-refractivity contribution in [1.82, 2.24) is 5.32 Å². The summed E-state index contributed by atoms with van der Waals surface area (Å²) in [6.07, 6.45) is 3.72. The number of alkyl carbamates (subject to hydrolysis) is 1. The first-order chi connectivity index (χ1) is 11.1. The largest absolute Gasteiger partial charge is 0.443 e. The molecule has 126 valence electrons. The van der Waals surface area contributed by atoms with Crippen LogP contribution in [0.15, 0.2) is 24.3 Å². The number of carbonyl (C=O) groups is 1. The fourth-order valence-corrected chi connectivity index (χ4v) is 4.36. The molecule has 5 unspecified atom stereocenters. The van der Waals surface area contributed by atoms with E-state index in [1.807, 2.05) is 31.2 Å². The number of fused-ring (bicyclic) bond motifs is 2.